The monoisotopic (exact) mass is 495 g/mol. The first-order valence-electron chi connectivity index (χ1n) is 10.5. The van der Waals surface area contributed by atoms with Gasteiger partial charge in [0.2, 0.25) is 5.91 Å². The number of nitrogens with one attached hydrogen (secondary N) is 1. The molecule has 4 aromatic rings. The Morgan fingerprint density at radius 3 is 2.18 bits per heavy atom. The molecule has 0 aliphatic heterocycles. The van der Waals surface area contributed by atoms with Crippen molar-refractivity contribution in [2.24, 2.45) is 0 Å². The van der Waals surface area contributed by atoms with E-state index >= 15 is 0 Å². The summed E-state index contributed by atoms with van der Waals surface area (Å²) in [6.07, 6.45) is 0. The molecule has 0 radical (unpaired) electrons. The highest BCUT2D eigenvalue weighted by atomic mass is 35.5. The van der Waals surface area contributed by atoms with Crippen molar-refractivity contribution in [2.45, 2.75) is 30.5 Å². The Morgan fingerprint density at radius 2 is 1.55 bits per heavy atom. The van der Waals surface area contributed by atoms with Gasteiger partial charge in [0, 0.05) is 20.5 Å². The third kappa shape index (κ3) is 5.44. The van der Waals surface area contributed by atoms with Crippen LogP contribution in [0.3, 0.4) is 0 Å². The van der Waals surface area contributed by atoms with Crippen molar-refractivity contribution in [1.29, 1.82) is 0 Å². The van der Waals surface area contributed by atoms with Crippen LogP contribution in [-0.4, -0.2) is 15.7 Å². The van der Waals surface area contributed by atoms with E-state index in [0.717, 1.165) is 27.4 Å². The molecule has 0 saturated heterocycles. The number of thioether (sulfide) groups is 1. The minimum atomic E-state index is -0.409. The lowest BCUT2D eigenvalue weighted by atomic mass is 10.1. The lowest BCUT2D eigenvalue weighted by Crippen LogP contribution is -2.20. The van der Waals surface area contributed by atoms with Crippen LogP contribution in [0.2, 0.25) is 10.0 Å². The van der Waals surface area contributed by atoms with Crippen molar-refractivity contribution < 1.29 is 4.79 Å². The Hall–Kier alpha value is -2.73. The molecule has 0 aliphatic rings. The summed E-state index contributed by atoms with van der Waals surface area (Å²) in [7, 11) is 0. The summed E-state index contributed by atoms with van der Waals surface area (Å²) in [5.41, 5.74) is 4.02. The number of rotatable bonds is 7. The molecular weight excluding hydrogens is 473 g/mol. The van der Waals surface area contributed by atoms with Gasteiger partial charge in [-0.05, 0) is 43.7 Å². The van der Waals surface area contributed by atoms with E-state index in [-0.39, 0.29) is 5.91 Å². The van der Waals surface area contributed by atoms with Crippen molar-refractivity contribution in [1.82, 2.24) is 9.78 Å². The van der Waals surface area contributed by atoms with Gasteiger partial charge in [0.25, 0.3) is 0 Å². The van der Waals surface area contributed by atoms with Crippen LogP contribution < -0.4 is 5.32 Å². The van der Waals surface area contributed by atoms with Gasteiger partial charge in [0.1, 0.15) is 5.25 Å². The molecule has 168 valence electrons. The van der Waals surface area contributed by atoms with Gasteiger partial charge >= 0.3 is 0 Å². The van der Waals surface area contributed by atoms with Crippen LogP contribution in [0.25, 0.3) is 0 Å². The Balaban J connectivity index is 1.61. The lowest BCUT2D eigenvalue weighted by Gasteiger charge is -2.17. The van der Waals surface area contributed by atoms with Crippen LogP contribution in [0.1, 0.15) is 27.8 Å². The third-order valence-electron chi connectivity index (χ3n) is 5.34. The van der Waals surface area contributed by atoms with Gasteiger partial charge in [-0.1, -0.05) is 77.8 Å². The fourth-order valence-electron chi connectivity index (χ4n) is 3.59. The average Bonchev–Trinajstić information content (AvgIpc) is 3.08. The van der Waals surface area contributed by atoms with Gasteiger partial charge in [-0.15, -0.1) is 11.8 Å². The molecule has 0 saturated carbocycles. The van der Waals surface area contributed by atoms with E-state index in [1.807, 2.05) is 97.4 Å². The number of carbonyl (C=O) groups is 1. The normalized spacial score (nSPS) is 11.9. The highest BCUT2D eigenvalue weighted by molar-refractivity contribution is 8.00. The zero-order valence-electron chi connectivity index (χ0n) is 18.3. The zero-order chi connectivity index (χ0) is 23.4. The molecule has 1 N–H and O–H groups in total. The molecule has 1 unspecified atom stereocenters. The zero-order valence-corrected chi connectivity index (χ0v) is 20.6. The molecule has 4 nitrogen and oxygen atoms in total. The molecular formula is C26H23Cl2N3OS. The van der Waals surface area contributed by atoms with Crippen LogP contribution in [-0.2, 0) is 11.3 Å². The molecule has 0 fully saturated rings. The number of nitrogens with zero attached hydrogens (tertiary/aromatic N) is 2. The van der Waals surface area contributed by atoms with Crippen LogP contribution in [0.5, 0.6) is 0 Å². The van der Waals surface area contributed by atoms with Crippen molar-refractivity contribution >= 4 is 46.6 Å². The summed E-state index contributed by atoms with van der Waals surface area (Å²) in [5.74, 6) is -0.100. The van der Waals surface area contributed by atoms with Gasteiger partial charge in [-0.2, -0.15) is 5.10 Å². The number of hydrogen-bond acceptors (Lipinski definition) is 3. The molecule has 1 aromatic heterocycles. The first-order chi connectivity index (χ1) is 15.9. The van der Waals surface area contributed by atoms with Crippen LogP contribution in [0.4, 0.5) is 5.69 Å². The van der Waals surface area contributed by atoms with E-state index < -0.39 is 5.25 Å². The van der Waals surface area contributed by atoms with E-state index in [2.05, 4.69) is 10.4 Å². The summed E-state index contributed by atoms with van der Waals surface area (Å²) in [5, 5.41) is 8.52. The van der Waals surface area contributed by atoms with Crippen LogP contribution in [0.15, 0.2) is 83.8 Å². The Morgan fingerprint density at radius 1 is 0.939 bits per heavy atom. The van der Waals surface area contributed by atoms with Gasteiger partial charge in [-0.3, -0.25) is 9.48 Å². The molecule has 33 heavy (non-hydrogen) atoms. The number of aromatic nitrogens is 2. The topological polar surface area (TPSA) is 46.9 Å². The first kappa shape index (κ1) is 23.4. The molecule has 4 rings (SSSR count). The van der Waals surface area contributed by atoms with Gasteiger partial charge in [0.15, 0.2) is 0 Å². The minimum Gasteiger partial charge on any atom is -0.322 e. The van der Waals surface area contributed by atoms with E-state index in [1.165, 1.54) is 11.8 Å². The van der Waals surface area contributed by atoms with E-state index in [1.54, 1.807) is 0 Å². The minimum absolute atomic E-state index is 0.100. The standard InChI is InChI=1S/C26H23Cl2N3OS/c1-17-24(18(2)31(30-17)16-21-22(27)14-9-15-23(21)28)29-26(32)25(19-10-5-3-6-11-19)33-20-12-7-4-8-13-20/h3-15,25H,16H2,1-2H3,(H,29,32). The van der Waals surface area contributed by atoms with E-state index in [9.17, 15) is 4.79 Å². The molecule has 7 heteroatoms. The second-order valence-electron chi connectivity index (χ2n) is 7.61. The molecule has 1 heterocycles. The van der Waals surface area contributed by atoms with Crippen molar-refractivity contribution in [3.63, 3.8) is 0 Å². The summed E-state index contributed by atoms with van der Waals surface area (Å²) in [4.78, 5) is 14.5. The Bertz CT molecular complexity index is 1240. The average molecular weight is 496 g/mol. The van der Waals surface area contributed by atoms with Gasteiger partial charge in [0.05, 0.1) is 23.6 Å². The molecule has 1 amide bonds. The highest BCUT2D eigenvalue weighted by Crippen LogP contribution is 2.37. The number of benzene rings is 3. The van der Waals surface area contributed by atoms with Crippen molar-refractivity contribution in [3.05, 3.63) is 111 Å². The quantitative estimate of drug-likeness (QED) is 0.273. The number of hydrogen-bond donors (Lipinski definition) is 1. The second-order valence-corrected chi connectivity index (χ2v) is 9.61. The third-order valence-corrected chi connectivity index (χ3v) is 7.31. The Kier molecular flexibility index (Phi) is 7.43. The first-order valence-corrected chi connectivity index (χ1v) is 12.1. The van der Waals surface area contributed by atoms with Crippen molar-refractivity contribution in [2.75, 3.05) is 5.32 Å². The smallest absolute Gasteiger partial charge is 0.242 e. The second kappa shape index (κ2) is 10.5. The maximum atomic E-state index is 13.5. The molecule has 1 atom stereocenters. The molecule has 0 bridgehead atoms. The number of carbonyl (C=O) groups excluding carboxylic acids is 1. The SMILES string of the molecule is Cc1nn(Cc2c(Cl)cccc2Cl)c(C)c1NC(=O)C(Sc1ccccc1)c1ccccc1. The largest absolute Gasteiger partial charge is 0.322 e. The molecule has 0 spiro atoms. The predicted molar refractivity (Wildman–Crippen MR) is 137 cm³/mol. The molecule has 3 aromatic carbocycles. The summed E-state index contributed by atoms with van der Waals surface area (Å²) < 4.78 is 1.82. The van der Waals surface area contributed by atoms with Gasteiger partial charge < -0.3 is 5.32 Å². The number of anilines is 1. The van der Waals surface area contributed by atoms with Crippen molar-refractivity contribution in [3.8, 4) is 0 Å². The summed E-state index contributed by atoms with van der Waals surface area (Å²) in [6.45, 7) is 4.24. The highest BCUT2D eigenvalue weighted by Gasteiger charge is 2.24. The van der Waals surface area contributed by atoms with E-state index in [4.69, 9.17) is 23.2 Å². The fourth-order valence-corrected chi connectivity index (χ4v) is 5.15. The van der Waals surface area contributed by atoms with E-state index in [0.29, 0.717) is 22.3 Å². The molecule has 0 aliphatic carbocycles. The number of amides is 1. The maximum absolute atomic E-state index is 13.5. The fraction of sp³-hybridized carbons (Fsp3) is 0.154. The van der Waals surface area contributed by atoms with Crippen LogP contribution >= 0.6 is 35.0 Å². The number of halogens is 2. The predicted octanol–water partition coefficient (Wildman–Crippen LogP) is 7.33. The van der Waals surface area contributed by atoms with Gasteiger partial charge in [-0.25, -0.2) is 0 Å². The maximum Gasteiger partial charge on any atom is 0.242 e. The lowest BCUT2D eigenvalue weighted by molar-refractivity contribution is -0.115. The van der Waals surface area contributed by atoms with Crippen LogP contribution in [0, 0.1) is 13.8 Å². The number of aryl methyl sites for hydroxylation is 1. The Labute approximate surface area is 207 Å². The summed E-state index contributed by atoms with van der Waals surface area (Å²) >= 11 is 14.2. The summed E-state index contributed by atoms with van der Waals surface area (Å²) in [6, 6.07) is 25.2.